The maximum atomic E-state index is 6.30. The van der Waals surface area contributed by atoms with Gasteiger partial charge in [-0.3, -0.25) is 9.47 Å². The molecule has 1 fully saturated rings. The van der Waals surface area contributed by atoms with E-state index < -0.39 is 0 Å². The molecule has 1 atom stereocenters. The van der Waals surface area contributed by atoms with Crippen LogP contribution >= 0.6 is 0 Å². The molecule has 7 nitrogen and oxygen atoms in total. The van der Waals surface area contributed by atoms with Crippen molar-refractivity contribution in [3.8, 4) is 17.1 Å². The third-order valence-electron chi connectivity index (χ3n) is 7.43. The quantitative estimate of drug-likeness (QED) is 0.409. The van der Waals surface area contributed by atoms with Crippen molar-refractivity contribution in [1.29, 1.82) is 0 Å². The molecule has 0 bridgehead atoms. The van der Waals surface area contributed by atoms with E-state index in [2.05, 4.69) is 69.9 Å². The van der Waals surface area contributed by atoms with Gasteiger partial charge in [0.2, 0.25) is 0 Å². The highest BCUT2D eigenvalue weighted by molar-refractivity contribution is 5.85. The molecular formula is C30H33N7. The molecule has 0 spiro atoms. The minimum Gasteiger partial charge on any atom is -0.383 e. The Morgan fingerprint density at radius 3 is 2.54 bits per heavy atom. The Morgan fingerprint density at radius 2 is 1.81 bits per heavy atom. The van der Waals surface area contributed by atoms with Gasteiger partial charge in [-0.1, -0.05) is 37.3 Å². The van der Waals surface area contributed by atoms with E-state index in [9.17, 15) is 0 Å². The molecule has 6 rings (SSSR count). The summed E-state index contributed by atoms with van der Waals surface area (Å²) in [7, 11) is 0. The third-order valence-corrected chi connectivity index (χ3v) is 7.43. The van der Waals surface area contributed by atoms with Gasteiger partial charge < -0.3 is 11.5 Å². The van der Waals surface area contributed by atoms with Crippen LogP contribution in [0.4, 0.5) is 5.82 Å². The number of allylic oxidation sites excluding steroid dienone is 4. The van der Waals surface area contributed by atoms with Crippen LogP contribution < -0.4 is 11.5 Å². The summed E-state index contributed by atoms with van der Waals surface area (Å²) < 4.78 is 2.10. The van der Waals surface area contributed by atoms with Gasteiger partial charge in [0.05, 0.1) is 11.3 Å². The van der Waals surface area contributed by atoms with Crippen LogP contribution in [0, 0.1) is 5.92 Å². The average molecular weight is 492 g/mol. The molecule has 1 saturated heterocycles. The largest absolute Gasteiger partial charge is 0.383 e. The summed E-state index contributed by atoms with van der Waals surface area (Å²) in [6, 6.07) is 17.0. The van der Waals surface area contributed by atoms with E-state index in [0.29, 0.717) is 17.8 Å². The molecule has 3 aromatic heterocycles. The molecule has 2 aliphatic rings. The fourth-order valence-electron chi connectivity index (χ4n) is 5.19. The number of likely N-dealkylation sites (tertiary alicyclic amines) is 1. The molecule has 1 aliphatic heterocycles. The highest BCUT2D eigenvalue weighted by Crippen LogP contribution is 2.32. The summed E-state index contributed by atoms with van der Waals surface area (Å²) in [5.74, 6) is 1.74. The number of hydrogen-bond donors (Lipinski definition) is 2. The number of anilines is 1. The first-order valence-electron chi connectivity index (χ1n) is 13.1. The fourth-order valence-corrected chi connectivity index (χ4v) is 5.19. The van der Waals surface area contributed by atoms with Crippen molar-refractivity contribution in [2.75, 3.05) is 18.8 Å². The zero-order valence-electron chi connectivity index (χ0n) is 21.2. The molecule has 0 radical (unpaired) electrons. The monoisotopic (exact) mass is 491 g/mol. The lowest BCUT2D eigenvalue weighted by atomic mass is 9.97. The molecule has 4 heterocycles. The Kier molecular flexibility index (Phi) is 6.32. The second-order valence-corrected chi connectivity index (χ2v) is 10.3. The number of nitrogen functional groups attached to an aromatic ring is 1. The van der Waals surface area contributed by atoms with E-state index in [0.717, 1.165) is 78.4 Å². The summed E-state index contributed by atoms with van der Waals surface area (Å²) in [5, 5.41) is 0. The predicted molar refractivity (Wildman–Crippen MR) is 150 cm³/mol. The van der Waals surface area contributed by atoms with E-state index in [1.54, 1.807) is 6.20 Å². The lowest BCUT2D eigenvalue weighted by Gasteiger charge is -2.30. The Hall–Kier alpha value is -3.81. The number of imidazole rings is 1. The van der Waals surface area contributed by atoms with Gasteiger partial charge in [-0.15, -0.1) is 0 Å². The molecule has 7 heteroatoms. The smallest absolute Gasteiger partial charge is 0.165 e. The Morgan fingerprint density at radius 1 is 1.00 bits per heavy atom. The van der Waals surface area contributed by atoms with Crippen LogP contribution in [0.15, 0.2) is 73.0 Å². The number of pyridine rings is 2. The van der Waals surface area contributed by atoms with Gasteiger partial charge in [0.1, 0.15) is 11.3 Å². The van der Waals surface area contributed by atoms with Gasteiger partial charge in [0.15, 0.2) is 11.5 Å². The summed E-state index contributed by atoms with van der Waals surface area (Å²) in [4.78, 5) is 16.9. The second-order valence-electron chi connectivity index (χ2n) is 10.3. The standard InChI is InChI=1S/C30H33N7/c1-20-4-8-22(9-5-20)26-12-13-27-30(34-26)37(29(35-27)25-3-2-16-33-28(25)32)24-10-6-21(7-11-24)19-36-17-14-23(31)15-18-36/h2-4,6-13,16,20,23H,5,14-15,17-19,31H2,1H3,(H2,32,33). The van der Waals surface area contributed by atoms with Gasteiger partial charge in [-0.2, -0.15) is 0 Å². The molecule has 37 heavy (non-hydrogen) atoms. The van der Waals surface area contributed by atoms with Crippen molar-refractivity contribution in [3.05, 3.63) is 84.2 Å². The Balaban J connectivity index is 1.41. The van der Waals surface area contributed by atoms with Gasteiger partial charge in [0.25, 0.3) is 0 Å². The predicted octanol–water partition coefficient (Wildman–Crippen LogP) is 4.97. The Bertz CT molecular complexity index is 1470. The highest BCUT2D eigenvalue weighted by atomic mass is 15.1. The molecule has 4 aromatic rings. The van der Waals surface area contributed by atoms with Gasteiger partial charge >= 0.3 is 0 Å². The van der Waals surface area contributed by atoms with E-state index in [1.807, 2.05) is 18.2 Å². The lowest BCUT2D eigenvalue weighted by Crippen LogP contribution is -2.39. The van der Waals surface area contributed by atoms with E-state index in [1.165, 1.54) is 5.56 Å². The van der Waals surface area contributed by atoms with E-state index in [4.69, 9.17) is 21.4 Å². The van der Waals surface area contributed by atoms with E-state index in [-0.39, 0.29) is 0 Å². The van der Waals surface area contributed by atoms with Crippen molar-refractivity contribution in [2.24, 2.45) is 11.7 Å². The maximum Gasteiger partial charge on any atom is 0.165 e. The van der Waals surface area contributed by atoms with Crippen molar-refractivity contribution in [1.82, 2.24) is 24.4 Å². The van der Waals surface area contributed by atoms with Crippen LogP contribution in [0.3, 0.4) is 0 Å². The summed E-state index contributed by atoms with van der Waals surface area (Å²) in [5.41, 5.74) is 19.2. The van der Waals surface area contributed by atoms with Crippen LogP contribution in [0.25, 0.3) is 33.8 Å². The molecule has 0 saturated carbocycles. The number of piperidine rings is 1. The van der Waals surface area contributed by atoms with Gasteiger partial charge in [0, 0.05) is 24.5 Å². The normalized spacial score (nSPS) is 18.9. The third kappa shape index (κ3) is 4.80. The number of nitrogens with zero attached hydrogens (tertiary/aromatic N) is 5. The van der Waals surface area contributed by atoms with Crippen LogP contribution in [0.5, 0.6) is 0 Å². The Labute approximate surface area is 217 Å². The van der Waals surface area contributed by atoms with Gasteiger partial charge in [-0.25, -0.2) is 15.0 Å². The molecule has 1 unspecified atom stereocenters. The molecule has 1 aliphatic carbocycles. The number of fused-ring (bicyclic) bond motifs is 1. The van der Waals surface area contributed by atoms with Crippen molar-refractivity contribution in [2.45, 2.75) is 38.8 Å². The highest BCUT2D eigenvalue weighted by Gasteiger charge is 2.20. The first-order valence-corrected chi connectivity index (χ1v) is 13.1. The molecule has 1 aromatic carbocycles. The van der Waals surface area contributed by atoms with Crippen molar-refractivity contribution >= 4 is 22.6 Å². The number of hydrogen-bond acceptors (Lipinski definition) is 6. The molecule has 4 N–H and O–H groups in total. The number of benzene rings is 1. The van der Waals surface area contributed by atoms with Crippen LogP contribution in [-0.2, 0) is 6.54 Å². The number of rotatable bonds is 5. The SMILES string of the molecule is CC1C=CC(c2ccc3nc(-c4cccnc4N)n(-c4ccc(CN5CCC(N)CC5)cc4)c3n2)=CC1. The number of aromatic nitrogens is 4. The topological polar surface area (TPSA) is 98.9 Å². The van der Waals surface area contributed by atoms with Crippen LogP contribution in [0.1, 0.15) is 37.4 Å². The zero-order chi connectivity index (χ0) is 25.4. The molecule has 188 valence electrons. The second kappa shape index (κ2) is 9.92. The van der Waals surface area contributed by atoms with Crippen LogP contribution in [-0.4, -0.2) is 43.6 Å². The van der Waals surface area contributed by atoms with Crippen molar-refractivity contribution < 1.29 is 0 Å². The first kappa shape index (κ1) is 23.6. The minimum absolute atomic E-state index is 0.340. The average Bonchev–Trinajstić information content (AvgIpc) is 3.30. The van der Waals surface area contributed by atoms with Gasteiger partial charge in [-0.05, 0) is 85.8 Å². The van der Waals surface area contributed by atoms with E-state index >= 15 is 0 Å². The van der Waals surface area contributed by atoms with Crippen LogP contribution in [0.2, 0.25) is 0 Å². The lowest BCUT2D eigenvalue weighted by molar-refractivity contribution is 0.205. The maximum absolute atomic E-state index is 6.30. The minimum atomic E-state index is 0.340. The molecular weight excluding hydrogens is 458 g/mol. The summed E-state index contributed by atoms with van der Waals surface area (Å²) in [6.45, 7) is 5.26. The fraction of sp³-hybridized carbons (Fsp3) is 0.300. The van der Waals surface area contributed by atoms with Crippen molar-refractivity contribution in [3.63, 3.8) is 0 Å². The molecule has 0 amide bonds. The zero-order valence-corrected chi connectivity index (χ0v) is 21.2. The number of nitrogens with two attached hydrogens (primary N) is 2. The summed E-state index contributed by atoms with van der Waals surface area (Å²) in [6.07, 6.45) is 11.5. The summed E-state index contributed by atoms with van der Waals surface area (Å²) >= 11 is 0. The first-order chi connectivity index (χ1) is 18.0.